The molecule has 0 spiro atoms. The van der Waals surface area contributed by atoms with E-state index in [0.29, 0.717) is 0 Å². The summed E-state index contributed by atoms with van der Waals surface area (Å²) in [6.07, 6.45) is 0.860. The minimum atomic E-state index is -3.63. The van der Waals surface area contributed by atoms with Crippen molar-refractivity contribution in [3.8, 4) is 0 Å². The zero-order valence-electron chi connectivity index (χ0n) is 5.44. The van der Waals surface area contributed by atoms with Crippen molar-refractivity contribution in [2.24, 2.45) is 0 Å². The van der Waals surface area contributed by atoms with Crippen molar-refractivity contribution in [2.45, 2.75) is 5.38 Å². The molecule has 0 saturated carbocycles. The van der Waals surface area contributed by atoms with Crippen LogP contribution in [-0.4, -0.2) is 9.97 Å². The molecule has 0 unspecified atom stereocenters. The number of hydrogen-bond donors (Lipinski definition) is 1. The predicted octanol–water partition coefficient (Wildman–Crippen LogP) is 1.82. The van der Waals surface area contributed by atoms with E-state index in [1.165, 1.54) is 0 Å². The molecule has 0 fully saturated rings. The second-order valence-corrected chi connectivity index (χ2v) is 3.16. The van der Waals surface area contributed by atoms with Crippen LogP contribution in [0.4, 0.5) is 8.78 Å². The molecule has 0 aliphatic rings. The summed E-state index contributed by atoms with van der Waals surface area (Å²) in [6.45, 7) is 0. The monoisotopic (exact) mass is 258 g/mol. The fourth-order valence-corrected chi connectivity index (χ4v) is 1.30. The summed E-state index contributed by atoms with van der Waals surface area (Å²) >= 11 is 7.30. The van der Waals surface area contributed by atoms with Gasteiger partial charge in [0.1, 0.15) is 10.2 Å². The Morgan fingerprint density at radius 3 is 2.67 bits per heavy atom. The molecule has 1 rings (SSSR count). The quantitative estimate of drug-likeness (QED) is 0.782. The van der Waals surface area contributed by atoms with Crippen molar-refractivity contribution >= 4 is 27.5 Å². The van der Waals surface area contributed by atoms with Gasteiger partial charge in [-0.15, -0.1) is 0 Å². The van der Waals surface area contributed by atoms with E-state index >= 15 is 0 Å². The Morgan fingerprint density at radius 1 is 1.67 bits per heavy atom. The number of alkyl halides is 3. The molecule has 66 valence electrons. The summed E-state index contributed by atoms with van der Waals surface area (Å²) in [5.74, 6) is 0. The maximum absolute atomic E-state index is 12.4. The highest BCUT2D eigenvalue weighted by Crippen LogP contribution is 2.33. The lowest BCUT2D eigenvalue weighted by Gasteiger charge is -2.06. The number of rotatable bonds is 1. The molecule has 0 aromatic carbocycles. The summed E-state index contributed by atoms with van der Waals surface area (Å²) in [5, 5.41) is -3.63. The number of halogens is 4. The van der Waals surface area contributed by atoms with Gasteiger partial charge >= 0.3 is 5.38 Å². The van der Waals surface area contributed by atoms with E-state index in [2.05, 4.69) is 37.5 Å². The van der Waals surface area contributed by atoms with Gasteiger partial charge in [-0.1, -0.05) is 0 Å². The van der Waals surface area contributed by atoms with Crippen molar-refractivity contribution in [1.82, 2.24) is 9.97 Å². The molecular formula is C5H2BrClF2N2O. The number of aromatic nitrogens is 2. The van der Waals surface area contributed by atoms with Gasteiger partial charge in [-0.05, 0) is 27.5 Å². The van der Waals surface area contributed by atoms with Gasteiger partial charge in [-0.25, -0.2) is 4.98 Å². The Bertz CT molecular complexity index is 348. The van der Waals surface area contributed by atoms with Crippen LogP contribution in [0.25, 0.3) is 0 Å². The summed E-state index contributed by atoms with van der Waals surface area (Å²) < 4.78 is 24.5. The van der Waals surface area contributed by atoms with Crippen molar-refractivity contribution < 1.29 is 8.78 Å². The third-order valence-corrected chi connectivity index (χ3v) is 1.98. The minimum absolute atomic E-state index is 0.356. The lowest BCUT2D eigenvalue weighted by Crippen LogP contribution is -2.16. The van der Waals surface area contributed by atoms with Gasteiger partial charge in [0.05, 0.1) is 6.33 Å². The topological polar surface area (TPSA) is 45.8 Å². The highest BCUT2D eigenvalue weighted by Gasteiger charge is 2.33. The van der Waals surface area contributed by atoms with Crippen LogP contribution in [0.15, 0.2) is 15.6 Å². The molecule has 1 aromatic rings. The Labute approximate surface area is 78.9 Å². The molecule has 0 saturated heterocycles. The van der Waals surface area contributed by atoms with Gasteiger partial charge in [0.2, 0.25) is 0 Å². The van der Waals surface area contributed by atoms with E-state index < -0.39 is 16.6 Å². The fraction of sp³-hybridized carbons (Fsp3) is 0.200. The molecule has 7 heteroatoms. The Hall–Kier alpha value is -0.490. The third-order valence-electron chi connectivity index (χ3n) is 1.07. The molecular weight excluding hydrogens is 257 g/mol. The highest BCUT2D eigenvalue weighted by atomic mass is 79.9. The smallest absolute Gasteiger partial charge is 0.312 e. The maximum Gasteiger partial charge on any atom is 0.366 e. The number of nitrogens with zero attached hydrogens (tertiary/aromatic N) is 1. The Morgan fingerprint density at radius 2 is 2.25 bits per heavy atom. The molecule has 1 N–H and O–H groups in total. The van der Waals surface area contributed by atoms with Crippen LogP contribution in [-0.2, 0) is 5.38 Å². The van der Waals surface area contributed by atoms with Gasteiger partial charge in [-0.3, -0.25) is 4.79 Å². The van der Waals surface area contributed by atoms with Crippen LogP contribution < -0.4 is 5.56 Å². The van der Waals surface area contributed by atoms with Crippen molar-refractivity contribution in [1.29, 1.82) is 0 Å². The van der Waals surface area contributed by atoms with Crippen LogP contribution in [0, 0.1) is 0 Å². The molecule has 0 atom stereocenters. The predicted molar refractivity (Wildman–Crippen MR) is 42.3 cm³/mol. The average molecular weight is 259 g/mol. The molecule has 12 heavy (non-hydrogen) atoms. The van der Waals surface area contributed by atoms with Crippen LogP contribution >= 0.6 is 27.5 Å². The van der Waals surface area contributed by atoms with Gasteiger partial charge in [0.15, 0.2) is 0 Å². The summed E-state index contributed by atoms with van der Waals surface area (Å²) in [4.78, 5) is 16.1. The second kappa shape index (κ2) is 3.10. The van der Waals surface area contributed by atoms with Crippen molar-refractivity contribution in [2.75, 3.05) is 0 Å². The van der Waals surface area contributed by atoms with Crippen LogP contribution in [0.1, 0.15) is 5.69 Å². The van der Waals surface area contributed by atoms with Gasteiger partial charge in [-0.2, -0.15) is 8.78 Å². The molecule has 0 aliphatic carbocycles. The number of H-pyrrole nitrogens is 1. The van der Waals surface area contributed by atoms with E-state index in [-0.39, 0.29) is 4.47 Å². The van der Waals surface area contributed by atoms with Crippen LogP contribution in [0.2, 0.25) is 0 Å². The molecule has 0 aliphatic heterocycles. The van der Waals surface area contributed by atoms with Crippen LogP contribution in [0.5, 0.6) is 0 Å². The molecule has 0 radical (unpaired) electrons. The zero-order valence-corrected chi connectivity index (χ0v) is 7.79. The first-order valence-electron chi connectivity index (χ1n) is 2.73. The normalized spacial score (nSPS) is 11.7. The largest absolute Gasteiger partial charge is 0.366 e. The summed E-state index contributed by atoms with van der Waals surface area (Å²) in [7, 11) is 0. The number of hydrogen-bond acceptors (Lipinski definition) is 2. The third kappa shape index (κ3) is 1.81. The first-order chi connectivity index (χ1) is 5.43. The van der Waals surface area contributed by atoms with Crippen molar-refractivity contribution in [3.05, 3.63) is 26.8 Å². The molecule has 1 heterocycles. The minimum Gasteiger partial charge on any atom is -0.312 e. The summed E-state index contributed by atoms with van der Waals surface area (Å²) in [5.41, 5.74) is -1.48. The lowest BCUT2D eigenvalue weighted by atomic mass is 10.4. The number of nitrogens with one attached hydrogen (secondary N) is 1. The van der Waals surface area contributed by atoms with E-state index in [4.69, 9.17) is 0 Å². The highest BCUT2D eigenvalue weighted by molar-refractivity contribution is 9.10. The lowest BCUT2D eigenvalue weighted by molar-refractivity contribution is 0.0887. The second-order valence-electron chi connectivity index (χ2n) is 1.89. The first kappa shape index (κ1) is 9.60. The Kier molecular flexibility index (Phi) is 2.48. The molecule has 1 aromatic heterocycles. The van der Waals surface area contributed by atoms with Crippen molar-refractivity contribution in [3.63, 3.8) is 0 Å². The SMILES string of the molecule is O=c1[nH]cnc(C(F)(F)Cl)c1Br. The van der Waals surface area contributed by atoms with Gasteiger partial charge in [0.25, 0.3) is 5.56 Å². The first-order valence-corrected chi connectivity index (χ1v) is 3.90. The average Bonchev–Trinajstić information content (AvgIpc) is 1.92. The van der Waals surface area contributed by atoms with E-state index in [1.807, 2.05) is 0 Å². The van der Waals surface area contributed by atoms with Crippen LogP contribution in [0.3, 0.4) is 0 Å². The van der Waals surface area contributed by atoms with Gasteiger partial charge in [0, 0.05) is 0 Å². The number of aromatic amines is 1. The maximum atomic E-state index is 12.4. The standard InChI is InChI=1S/C5H2BrClF2N2O/c6-2-3(5(7,8)9)10-1-11-4(2)12/h1H,(H,10,11,12). The van der Waals surface area contributed by atoms with E-state index in [0.717, 1.165) is 6.33 Å². The molecule has 0 bridgehead atoms. The fourth-order valence-electron chi connectivity index (χ4n) is 0.581. The Balaban J connectivity index is 3.36. The van der Waals surface area contributed by atoms with Gasteiger partial charge < -0.3 is 4.98 Å². The molecule has 0 amide bonds. The van der Waals surface area contributed by atoms with E-state index in [9.17, 15) is 13.6 Å². The zero-order chi connectivity index (χ0) is 9.35. The molecule has 3 nitrogen and oxygen atoms in total. The van der Waals surface area contributed by atoms with E-state index in [1.54, 1.807) is 0 Å². The summed E-state index contributed by atoms with van der Waals surface area (Å²) in [6, 6.07) is 0.